The summed E-state index contributed by atoms with van der Waals surface area (Å²) in [6, 6.07) is 3.58. The maximum absolute atomic E-state index is 13.2. The predicted molar refractivity (Wildman–Crippen MR) is 101 cm³/mol. The lowest BCUT2D eigenvalue weighted by atomic mass is 10.1. The molecule has 0 fully saturated rings. The molecule has 6 nitrogen and oxygen atoms in total. The molecule has 9 heteroatoms. The second kappa shape index (κ2) is 7.40. The first-order valence-corrected chi connectivity index (χ1v) is 9.12. The van der Waals surface area contributed by atoms with Gasteiger partial charge in [-0.3, -0.25) is 4.40 Å². The Morgan fingerprint density at radius 1 is 1.29 bits per heavy atom. The zero-order valence-corrected chi connectivity index (χ0v) is 15.1. The minimum atomic E-state index is -4.44. The van der Waals surface area contributed by atoms with Gasteiger partial charge in [-0.05, 0) is 43.2 Å². The van der Waals surface area contributed by atoms with Gasteiger partial charge in [0.25, 0.3) is 0 Å². The molecule has 1 aliphatic heterocycles. The van der Waals surface area contributed by atoms with Crippen molar-refractivity contribution in [1.29, 1.82) is 0 Å². The van der Waals surface area contributed by atoms with Crippen LogP contribution in [0.4, 0.5) is 19.0 Å². The van der Waals surface area contributed by atoms with Gasteiger partial charge in [0.15, 0.2) is 11.5 Å². The summed E-state index contributed by atoms with van der Waals surface area (Å²) in [6.45, 7) is 2.03. The highest BCUT2D eigenvalue weighted by molar-refractivity contribution is 5.86. The van der Waals surface area contributed by atoms with Gasteiger partial charge >= 0.3 is 6.18 Å². The highest BCUT2D eigenvalue weighted by atomic mass is 19.4. The lowest BCUT2D eigenvalue weighted by Gasteiger charge is -2.16. The maximum atomic E-state index is 13.2. The van der Waals surface area contributed by atoms with Crippen LogP contribution in [0.15, 0.2) is 30.5 Å². The average Bonchev–Trinajstić information content (AvgIpc) is 3.13. The number of nitrogens with one attached hydrogen (secondary N) is 2. The molecule has 3 aromatic rings. The third-order valence-corrected chi connectivity index (χ3v) is 4.77. The molecule has 1 aromatic carbocycles. The maximum Gasteiger partial charge on any atom is 0.416 e. The summed E-state index contributed by atoms with van der Waals surface area (Å²) >= 11 is 0. The number of fused-ring (bicyclic) bond motifs is 3. The van der Waals surface area contributed by atoms with Gasteiger partial charge in [-0.15, -0.1) is 0 Å². The quantitative estimate of drug-likeness (QED) is 0.583. The Labute approximate surface area is 159 Å². The van der Waals surface area contributed by atoms with E-state index in [0.717, 1.165) is 42.9 Å². The number of nitrogens with zero attached hydrogens (tertiary/aromatic N) is 3. The number of anilines is 1. The molecule has 0 bridgehead atoms. The zero-order chi connectivity index (χ0) is 19.7. The van der Waals surface area contributed by atoms with E-state index < -0.39 is 11.7 Å². The highest BCUT2D eigenvalue weighted by Crippen LogP contribution is 2.33. The number of benzene rings is 1. The summed E-state index contributed by atoms with van der Waals surface area (Å²) in [5, 5.41) is 15.3. The Morgan fingerprint density at radius 3 is 2.86 bits per heavy atom. The van der Waals surface area contributed by atoms with Crippen molar-refractivity contribution >= 4 is 28.1 Å². The van der Waals surface area contributed by atoms with E-state index in [9.17, 15) is 13.2 Å². The van der Waals surface area contributed by atoms with Gasteiger partial charge < -0.3 is 15.7 Å². The fourth-order valence-electron chi connectivity index (χ4n) is 3.40. The predicted octanol–water partition coefficient (Wildman–Crippen LogP) is 3.07. The lowest BCUT2D eigenvalue weighted by molar-refractivity contribution is -0.137. The summed E-state index contributed by atoms with van der Waals surface area (Å²) in [5.41, 5.74) is 2.58. The number of rotatable bonds is 5. The summed E-state index contributed by atoms with van der Waals surface area (Å²) in [4.78, 5) is 8.89. The molecule has 0 spiro atoms. The Balaban J connectivity index is 1.94. The Bertz CT molecular complexity index is 1040. The zero-order valence-electron chi connectivity index (χ0n) is 15.1. The third kappa shape index (κ3) is 3.43. The minimum Gasteiger partial charge on any atom is -0.396 e. The standard InChI is InChI=1S/C19H20F3N5O/c20-19(21,22)13-2-3-15-14(10-13)26-17(24-6-1-9-28)18-25-11-16(27(15)18)12-4-7-23-8-5-12/h2-4,10-11,23,28H,1,5-9H2,(H,24,26). The Hall–Kier alpha value is -2.65. The van der Waals surface area contributed by atoms with Crippen molar-refractivity contribution in [2.45, 2.75) is 19.0 Å². The average molecular weight is 391 g/mol. The molecule has 28 heavy (non-hydrogen) atoms. The molecular formula is C19H20F3N5O. The molecule has 0 saturated heterocycles. The van der Waals surface area contributed by atoms with E-state index in [0.29, 0.717) is 29.9 Å². The number of alkyl halides is 3. The molecule has 0 unspecified atom stereocenters. The van der Waals surface area contributed by atoms with E-state index in [2.05, 4.69) is 26.7 Å². The molecule has 0 saturated carbocycles. The van der Waals surface area contributed by atoms with Crippen LogP contribution in [0.1, 0.15) is 24.1 Å². The topological polar surface area (TPSA) is 74.5 Å². The van der Waals surface area contributed by atoms with Gasteiger partial charge in [0.05, 0.1) is 28.5 Å². The molecule has 148 valence electrons. The number of aliphatic hydroxyl groups is 1. The molecule has 0 atom stereocenters. The summed E-state index contributed by atoms with van der Waals surface area (Å²) in [5.74, 6) is 0.404. The number of imidazole rings is 1. The van der Waals surface area contributed by atoms with Crippen molar-refractivity contribution in [1.82, 2.24) is 19.7 Å². The van der Waals surface area contributed by atoms with Crippen molar-refractivity contribution in [3.63, 3.8) is 0 Å². The first-order valence-electron chi connectivity index (χ1n) is 9.12. The van der Waals surface area contributed by atoms with Crippen LogP contribution in [0.25, 0.3) is 22.3 Å². The summed E-state index contributed by atoms with van der Waals surface area (Å²) in [7, 11) is 0. The van der Waals surface area contributed by atoms with E-state index in [1.807, 2.05) is 4.40 Å². The third-order valence-electron chi connectivity index (χ3n) is 4.77. The van der Waals surface area contributed by atoms with E-state index in [1.54, 1.807) is 6.20 Å². The largest absolute Gasteiger partial charge is 0.416 e. The van der Waals surface area contributed by atoms with Gasteiger partial charge in [-0.1, -0.05) is 6.08 Å². The molecule has 4 rings (SSSR count). The fraction of sp³-hybridized carbons (Fsp3) is 0.368. The number of aromatic nitrogens is 3. The Kier molecular flexibility index (Phi) is 4.94. The van der Waals surface area contributed by atoms with Gasteiger partial charge in [0, 0.05) is 19.7 Å². The number of aliphatic hydroxyl groups excluding tert-OH is 1. The van der Waals surface area contributed by atoms with E-state index in [4.69, 9.17) is 5.11 Å². The van der Waals surface area contributed by atoms with Gasteiger partial charge in [-0.2, -0.15) is 13.2 Å². The summed E-state index contributed by atoms with van der Waals surface area (Å²) in [6.07, 6.45) is 0.680. The lowest BCUT2D eigenvalue weighted by Crippen LogP contribution is -2.20. The van der Waals surface area contributed by atoms with Crippen LogP contribution >= 0.6 is 0 Å². The van der Waals surface area contributed by atoms with Crippen LogP contribution in [0, 0.1) is 0 Å². The smallest absolute Gasteiger partial charge is 0.396 e. The van der Waals surface area contributed by atoms with Gasteiger partial charge in [0.1, 0.15) is 0 Å². The highest BCUT2D eigenvalue weighted by Gasteiger charge is 2.31. The van der Waals surface area contributed by atoms with Crippen molar-refractivity contribution in [2.24, 2.45) is 0 Å². The van der Waals surface area contributed by atoms with E-state index in [1.165, 1.54) is 6.07 Å². The van der Waals surface area contributed by atoms with E-state index in [-0.39, 0.29) is 12.1 Å². The van der Waals surface area contributed by atoms with Crippen molar-refractivity contribution < 1.29 is 18.3 Å². The number of hydrogen-bond acceptors (Lipinski definition) is 5. The number of halogens is 3. The fourth-order valence-corrected chi connectivity index (χ4v) is 3.40. The van der Waals surface area contributed by atoms with Gasteiger partial charge in [-0.25, -0.2) is 9.97 Å². The first-order chi connectivity index (χ1) is 13.5. The van der Waals surface area contributed by atoms with Crippen molar-refractivity contribution in [2.75, 3.05) is 31.6 Å². The van der Waals surface area contributed by atoms with Crippen LogP contribution in [0.2, 0.25) is 0 Å². The minimum absolute atomic E-state index is 0.00860. The van der Waals surface area contributed by atoms with Crippen LogP contribution < -0.4 is 10.6 Å². The molecule has 3 N–H and O–H groups in total. The second-order valence-corrected chi connectivity index (χ2v) is 6.65. The Morgan fingerprint density at radius 2 is 2.14 bits per heavy atom. The van der Waals surface area contributed by atoms with Crippen molar-refractivity contribution in [3.8, 4) is 0 Å². The molecule has 3 heterocycles. The molecule has 1 aliphatic rings. The van der Waals surface area contributed by atoms with Crippen LogP contribution in [0.3, 0.4) is 0 Å². The monoisotopic (exact) mass is 391 g/mol. The second-order valence-electron chi connectivity index (χ2n) is 6.65. The van der Waals surface area contributed by atoms with Gasteiger partial charge in [0.2, 0.25) is 0 Å². The van der Waals surface area contributed by atoms with Crippen LogP contribution in [-0.4, -0.2) is 45.7 Å². The molecule has 0 radical (unpaired) electrons. The molecular weight excluding hydrogens is 371 g/mol. The normalized spacial score (nSPS) is 15.2. The van der Waals surface area contributed by atoms with E-state index >= 15 is 0 Å². The number of hydrogen-bond donors (Lipinski definition) is 3. The molecule has 0 amide bonds. The SMILES string of the molecule is OCCCNc1nc2cc(C(F)(F)F)ccc2n2c(C3=CCNCC3)cnc12. The van der Waals surface area contributed by atoms with Crippen LogP contribution in [-0.2, 0) is 6.18 Å². The molecule has 2 aromatic heterocycles. The summed E-state index contributed by atoms with van der Waals surface area (Å²) < 4.78 is 41.4. The molecule has 0 aliphatic carbocycles. The first kappa shape index (κ1) is 18.7. The van der Waals surface area contributed by atoms with Crippen molar-refractivity contribution in [3.05, 3.63) is 41.7 Å². The van der Waals surface area contributed by atoms with Crippen LogP contribution in [0.5, 0.6) is 0 Å².